The van der Waals surface area contributed by atoms with Crippen LogP contribution in [0.3, 0.4) is 0 Å². The molecule has 0 N–H and O–H groups in total. The van der Waals surface area contributed by atoms with E-state index in [4.69, 9.17) is 4.74 Å². The molecule has 18 heavy (non-hydrogen) atoms. The number of aryl methyl sites for hydroxylation is 1. The summed E-state index contributed by atoms with van der Waals surface area (Å²) in [6.07, 6.45) is 7.54. The summed E-state index contributed by atoms with van der Waals surface area (Å²) in [4.78, 5) is 11.8. The summed E-state index contributed by atoms with van der Waals surface area (Å²) in [5.41, 5.74) is 1.67. The summed E-state index contributed by atoms with van der Waals surface area (Å²) in [5, 5.41) is 0. The maximum Gasteiger partial charge on any atom is 0.334 e. The maximum absolute atomic E-state index is 11.8. The third-order valence-corrected chi connectivity index (χ3v) is 2.97. The van der Waals surface area contributed by atoms with Gasteiger partial charge in [-0.3, -0.25) is 0 Å². The van der Waals surface area contributed by atoms with Gasteiger partial charge in [0, 0.05) is 11.1 Å². The first-order valence-electron chi connectivity index (χ1n) is 5.87. The molecule has 0 heterocycles. The van der Waals surface area contributed by atoms with Crippen LogP contribution < -0.4 is 0 Å². The molecule has 0 atom stereocenters. The van der Waals surface area contributed by atoms with Crippen molar-refractivity contribution in [2.75, 3.05) is 0 Å². The van der Waals surface area contributed by atoms with Crippen LogP contribution in [-0.2, 0) is 15.1 Å². The second kappa shape index (κ2) is 4.65. The van der Waals surface area contributed by atoms with Gasteiger partial charge in [-0.25, -0.2) is 4.79 Å². The summed E-state index contributed by atoms with van der Waals surface area (Å²) in [6.45, 7) is 7.28. The topological polar surface area (TPSA) is 26.3 Å². The molecule has 0 saturated carbocycles. The number of hydrogen-bond acceptors (Lipinski definition) is 2. The number of rotatable bonds is 3. The number of esters is 1. The molecule has 1 aromatic carbocycles. The second-order valence-electron chi connectivity index (χ2n) is 4.50. The fourth-order valence-electron chi connectivity index (χ4n) is 2.01. The lowest BCUT2D eigenvalue weighted by molar-refractivity contribution is -0.147. The first kappa shape index (κ1) is 12.4. The number of carbonyl (C=O) groups excluding carboxylic acids is 1. The van der Waals surface area contributed by atoms with Crippen molar-refractivity contribution >= 4 is 5.97 Å². The molecule has 2 heteroatoms. The van der Waals surface area contributed by atoms with E-state index < -0.39 is 5.60 Å². The average molecular weight is 240 g/mol. The van der Waals surface area contributed by atoms with Crippen LogP contribution in [0, 0.1) is 6.92 Å². The van der Waals surface area contributed by atoms with Gasteiger partial charge in [0.1, 0.15) is 0 Å². The van der Waals surface area contributed by atoms with Crippen LogP contribution in [0.15, 0.2) is 60.7 Å². The number of ether oxygens (including phenoxy) is 1. The van der Waals surface area contributed by atoms with Crippen molar-refractivity contribution < 1.29 is 9.53 Å². The molecule has 0 amide bonds. The standard InChI is InChI=1S/C16H16O2/c1-12(2)15(17)18-16(10-6-7-11-16)14-9-5-4-8-13(14)3/h4-11H,1H2,2-3H3. The van der Waals surface area contributed by atoms with Gasteiger partial charge in [-0.2, -0.15) is 0 Å². The van der Waals surface area contributed by atoms with Crippen LogP contribution in [0.4, 0.5) is 0 Å². The van der Waals surface area contributed by atoms with E-state index in [2.05, 4.69) is 6.58 Å². The van der Waals surface area contributed by atoms with Crippen LogP contribution in [0.1, 0.15) is 18.1 Å². The average Bonchev–Trinajstić information content (AvgIpc) is 2.79. The van der Waals surface area contributed by atoms with E-state index >= 15 is 0 Å². The molecule has 0 aromatic heterocycles. The maximum atomic E-state index is 11.8. The van der Waals surface area contributed by atoms with Crippen molar-refractivity contribution in [2.45, 2.75) is 19.4 Å². The van der Waals surface area contributed by atoms with Crippen LogP contribution in [0.2, 0.25) is 0 Å². The zero-order valence-corrected chi connectivity index (χ0v) is 10.6. The van der Waals surface area contributed by atoms with Gasteiger partial charge in [-0.15, -0.1) is 0 Å². The first-order chi connectivity index (χ1) is 8.55. The molecule has 2 rings (SSSR count). The Morgan fingerprint density at radius 1 is 1.22 bits per heavy atom. The summed E-state index contributed by atoms with van der Waals surface area (Å²) in [6, 6.07) is 7.89. The number of allylic oxidation sites excluding steroid dienone is 2. The molecular formula is C16H16O2. The lowest BCUT2D eigenvalue weighted by Crippen LogP contribution is -2.28. The van der Waals surface area contributed by atoms with Gasteiger partial charge in [-0.1, -0.05) is 43.0 Å². The summed E-state index contributed by atoms with van der Waals surface area (Å²) >= 11 is 0. The normalized spacial score (nSPS) is 15.7. The summed E-state index contributed by atoms with van der Waals surface area (Å²) < 4.78 is 5.62. The minimum atomic E-state index is -0.790. The van der Waals surface area contributed by atoms with Gasteiger partial charge < -0.3 is 4.74 Å². The highest BCUT2D eigenvalue weighted by Gasteiger charge is 2.34. The van der Waals surface area contributed by atoms with Crippen LogP contribution in [0.25, 0.3) is 0 Å². The van der Waals surface area contributed by atoms with Crippen molar-refractivity contribution in [3.05, 3.63) is 71.8 Å². The van der Waals surface area contributed by atoms with Crippen LogP contribution in [0.5, 0.6) is 0 Å². The quantitative estimate of drug-likeness (QED) is 0.597. The Balaban J connectivity index is 2.44. The molecule has 0 aliphatic heterocycles. The molecule has 2 nitrogen and oxygen atoms in total. The van der Waals surface area contributed by atoms with Gasteiger partial charge >= 0.3 is 5.97 Å². The van der Waals surface area contributed by atoms with Crippen molar-refractivity contribution in [3.8, 4) is 0 Å². The highest BCUT2D eigenvalue weighted by Crippen LogP contribution is 2.35. The second-order valence-corrected chi connectivity index (χ2v) is 4.50. The van der Waals surface area contributed by atoms with Crippen molar-refractivity contribution in [1.82, 2.24) is 0 Å². The SMILES string of the molecule is C=C(C)C(=O)OC1(c2ccccc2C)C=CC=C1. The van der Waals surface area contributed by atoms with Gasteiger partial charge in [0.2, 0.25) is 0 Å². The van der Waals surface area contributed by atoms with Crippen LogP contribution in [-0.4, -0.2) is 5.97 Å². The zero-order valence-electron chi connectivity index (χ0n) is 10.6. The van der Waals surface area contributed by atoms with Crippen LogP contribution >= 0.6 is 0 Å². The minimum absolute atomic E-state index is 0.380. The molecule has 92 valence electrons. The van der Waals surface area contributed by atoms with E-state index in [0.717, 1.165) is 11.1 Å². The van der Waals surface area contributed by atoms with Crippen molar-refractivity contribution in [3.63, 3.8) is 0 Å². The smallest absolute Gasteiger partial charge is 0.334 e. The molecule has 0 bridgehead atoms. The van der Waals surface area contributed by atoms with E-state index in [1.165, 1.54) is 0 Å². The van der Waals surface area contributed by atoms with E-state index in [1.807, 2.05) is 55.5 Å². The molecule has 1 aliphatic carbocycles. The lowest BCUT2D eigenvalue weighted by atomic mass is 9.91. The van der Waals surface area contributed by atoms with Gasteiger partial charge in [-0.05, 0) is 31.6 Å². The molecule has 0 unspecified atom stereocenters. The van der Waals surface area contributed by atoms with Gasteiger partial charge in [0.05, 0.1) is 0 Å². The molecule has 0 saturated heterocycles. The third-order valence-electron chi connectivity index (χ3n) is 2.97. The van der Waals surface area contributed by atoms with Crippen molar-refractivity contribution in [2.24, 2.45) is 0 Å². The fourth-order valence-corrected chi connectivity index (χ4v) is 2.01. The lowest BCUT2D eigenvalue weighted by Gasteiger charge is -2.27. The summed E-state index contributed by atoms with van der Waals surface area (Å²) in [7, 11) is 0. The molecular weight excluding hydrogens is 224 g/mol. The molecule has 1 aliphatic rings. The predicted molar refractivity (Wildman–Crippen MR) is 72.0 cm³/mol. The Kier molecular flexibility index (Phi) is 3.19. The monoisotopic (exact) mass is 240 g/mol. The van der Waals surface area contributed by atoms with E-state index in [-0.39, 0.29) is 5.97 Å². The Morgan fingerprint density at radius 2 is 1.83 bits per heavy atom. The zero-order chi connectivity index (χ0) is 13.2. The Labute approximate surface area is 107 Å². The Morgan fingerprint density at radius 3 is 2.39 bits per heavy atom. The van der Waals surface area contributed by atoms with Gasteiger partial charge in [0.15, 0.2) is 5.60 Å². The summed E-state index contributed by atoms with van der Waals surface area (Å²) in [5.74, 6) is -0.380. The van der Waals surface area contributed by atoms with E-state index in [1.54, 1.807) is 6.92 Å². The highest BCUT2D eigenvalue weighted by molar-refractivity contribution is 5.87. The first-order valence-corrected chi connectivity index (χ1v) is 5.87. The highest BCUT2D eigenvalue weighted by atomic mass is 16.6. The fraction of sp³-hybridized carbons (Fsp3) is 0.188. The van der Waals surface area contributed by atoms with Gasteiger partial charge in [0.25, 0.3) is 0 Å². The number of hydrogen-bond donors (Lipinski definition) is 0. The molecule has 0 spiro atoms. The van der Waals surface area contributed by atoms with Crippen molar-refractivity contribution in [1.29, 1.82) is 0 Å². The molecule has 0 fully saturated rings. The largest absolute Gasteiger partial charge is 0.442 e. The number of benzene rings is 1. The van der Waals surface area contributed by atoms with E-state index in [9.17, 15) is 4.79 Å². The minimum Gasteiger partial charge on any atom is -0.442 e. The molecule has 1 aromatic rings. The number of carbonyl (C=O) groups is 1. The Hall–Kier alpha value is -2.09. The van der Waals surface area contributed by atoms with E-state index in [0.29, 0.717) is 5.57 Å². The predicted octanol–water partition coefficient (Wildman–Crippen LogP) is 3.44. The Bertz CT molecular complexity index is 538. The molecule has 0 radical (unpaired) electrons. The third kappa shape index (κ3) is 2.14.